The highest BCUT2D eigenvalue weighted by Crippen LogP contribution is 2.20. The molecule has 0 radical (unpaired) electrons. The molecule has 0 amide bonds. The van der Waals surface area contributed by atoms with Crippen LogP contribution in [0, 0.1) is 0 Å². The lowest BCUT2D eigenvalue weighted by Crippen LogP contribution is -2.38. The fourth-order valence-corrected chi connectivity index (χ4v) is 3.08. The Morgan fingerprint density at radius 1 is 1.23 bits per heavy atom. The Bertz CT molecular complexity index is 530. The van der Waals surface area contributed by atoms with Crippen LogP contribution in [0.2, 0.25) is 0 Å². The average Bonchev–Trinajstić information content (AvgIpc) is 2.68. The highest BCUT2D eigenvalue weighted by molar-refractivity contribution is 5.79. The maximum atomic E-state index is 5.97. The molecule has 6 heteroatoms. The number of hydrogen-bond donors (Lipinski definition) is 2. The largest absolute Gasteiger partial charge is 0.478 e. The molecule has 0 unspecified atom stereocenters. The van der Waals surface area contributed by atoms with Gasteiger partial charge in [-0.25, -0.2) is 9.98 Å². The summed E-state index contributed by atoms with van der Waals surface area (Å²) >= 11 is 0. The van der Waals surface area contributed by atoms with Crippen molar-refractivity contribution in [1.29, 1.82) is 0 Å². The summed E-state index contributed by atoms with van der Waals surface area (Å²) in [4.78, 5) is 8.92. The summed E-state index contributed by atoms with van der Waals surface area (Å²) in [6, 6.07) is 3.92. The molecular weight excluding hydrogens is 328 g/mol. The molecule has 2 N–H and O–H groups in total. The highest BCUT2D eigenvalue weighted by Gasteiger charge is 2.13. The third-order valence-corrected chi connectivity index (χ3v) is 4.40. The lowest BCUT2D eigenvalue weighted by Gasteiger charge is -2.22. The summed E-state index contributed by atoms with van der Waals surface area (Å²) in [5.41, 5.74) is 0.993. The van der Waals surface area contributed by atoms with Gasteiger partial charge in [0.1, 0.15) is 0 Å². The first kappa shape index (κ1) is 20.5. The van der Waals surface area contributed by atoms with E-state index in [1.165, 1.54) is 32.1 Å². The van der Waals surface area contributed by atoms with Crippen LogP contribution in [0.1, 0.15) is 57.9 Å². The first-order valence-corrected chi connectivity index (χ1v) is 10.0. The number of ether oxygens (including phenoxy) is 2. The van der Waals surface area contributed by atoms with Crippen molar-refractivity contribution in [3.63, 3.8) is 0 Å². The zero-order valence-electron chi connectivity index (χ0n) is 16.3. The summed E-state index contributed by atoms with van der Waals surface area (Å²) in [7, 11) is 0. The van der Waals surface area contributed by atoms with Gasteiger partial charge in [-0.05, 0) is 39.2 Å². The summed E-state index contributed by atoms with van der Waals surface area (Å²) < 4.78 is 11.5. The molecule has 1 aromatic heterocycles. The van der Waals surface area contributed by atoms with Crippen molar-refractivity contribution in [3.8, 4) is 5.88 Å². The third-order valence-electron chi connectivity index (χ3n) is 4.40. The fourth-order valence-electron chi connectivity index (χ4n) is 3.08. The molecule has 1 fully saturated rings. The van der Waals surface area contributed by atoms with Crippen LogP contribution < -0.4 is 15.4 Å². The van der Waals surface area contributed by atoms with E-state index < -0.39 is 0 Å². The molecule has 2 rings (SSSR count). The SMILES string of the molecule is CCNC(=NCc1cccnc1OCC)NCCCOC1CCCCC1. The molecule has 1 aromatic rings. The maximum absolute atomic E-state index is 5.97. The van der Waals surface area contributed by atoms with Gasteiger partial charge in [-0.2, -0.15) is 0 Å². The van der Waals surface area contributed by atoms with Crippen LogP contribution in [0.5, 0.6) is 5.88 Å². The van der Waals surface area contributed by atoms with Crippen molar-refractivity contribution in [1.82, 2.24) is 15.6 Å². The van der Waals surface area contributed by atoms with Gasteiger partial charge in [-0.3, -0.25) is 0 Å². The van der Waals surface area contributed by atoms with Crippen LogP contribution in [0.3, 0.4) is 0 Å². The molecule has 0 bridgehead atoms. The molecule has 1 aliphatic carbocycles. The molecule has 1 heterocycles. The van der Waals surface area contributed by atoms with Gasteiger partial charge in [0, 0.05) is 31.5 Å². The average molecular weight is 363 g/mol. The molecule has 1 saturated carbocycles. The van der Waals surface area contributed by atoms with E-state index in [0.717, 1.165) is 37.6 Å². The van der Waals surface area contributed by atoms with Gasteiger partial charge >= 0.3 is 0 Å². The van der Waals surface area contributed by atoms with E-state index in [2.05, 4.69) is 27.5 Å². The van der Waals surface area contributed by atoms with Crippen molar-refractivity contribution in [2.75, 3.05) is 26.3 Å². The van der Waals surface area contributed by atoms with E-state index in [0.29, 0.717) is 25.1 Å². The first-order valence-electron chi connectivity index (χ1n) is 10.0. The summed E-state index contributed by atoms with van der Waals surface area (Å²) in [6.07, 6.45) is 9.66. The monoisotopic (exact) mass is 362 g/mol. The predicted octanol–water partition coefficient (Wildman–Crippen LogP) is 3.27. The van der Waals surface area contributed by atoms with Crippen LogP contribution in [-0.2, 0) is 11.3 Å². The standard InChI is InChI=1S/C20H34N4O2/c1-3-21-20(23-14-9-15-26-18-11-6-5-7-12-18)24-16-17-10-8-13-22-19(17)25-4-2/h8,10,13,18H,3-7,9,11-12,14-16H2,1-2H3,(H2,21,23,24). The quantitative estimate of drug-likeness (QED) is 0.380. The second kappa shape index (κ2) is 12.5. The Balaban J connectivity index is 1.73. The normalized spacial score (nSPS) is 15.7. The van der Waals surface area contributed by atoms with Crippen LogP contribution >= 0.6 is 0 Å². The van der Waals surface area contributed by atoms with Gasteiger partial charge in [0.25, 0.3) is 0 Å². The molecule has 0 spiro atoms. The predicted molar refractivity (Wildman–Crippen MR) is 106 cm³/mol. The number of nitrogens with zero attached hydrogens (tertiary/aromatic N) is 2. The van der Waals surface area contributed by atoms with Crippen molar-refractivity contribution in [3.05, 3.63) is 23.9 Å². The molecule has 6 nitrogen and oxygen atoms in total. The van der Waals surface area contributed by atoms with E-state index in [-0.39, 0.29) is 0 Å². The van der Waals surface area contributed by atoms with Gasteiger partial charge in [-0.1, -0.05) is 25.3 Å². The Morgan fingerprint density at radius 2 is 2.08 bits per heavy atom. The molecule has 0 aromatic carbocycles. The number of aromatic nitrogens is 1. The number of guanidine groups is 1. The minimum atomic E-state index is 0.480. The first-order chi connectivity index (χ1) is 12.8. The summed E-state index contributed by atoms with van der Waals surface area (Å²) in [6.45, 7) is 7.67. The number of rotatable bonds is 10. The minimum Gasteiger partial charge on any atom is -0.478 e. The van der Waals surface area contributed by atoms with Gasteiger partial charge in [0.2, 0.25) is 5.88 Å². The minimum absolute atomic E-state index is 0.480. The number of nitrogens with one attached hydrogen (secondary N) is 2. The topological polar surface area (TPSA) is 67.8 Å². The van der Waals surface area contributed by atoms with E-state index in [9.17, 15) is 0 Å². The van der Waals surface area contributed by atoms with Gasteiger partial charge in [-0.15, -0.1) is 0 Å². The van der Waals surface area contributed by atoms with E-state index in [1.54, 1.807) is 6.20 Å². The Hall–Kier alpha value is -1.82. The lowest BCUT2D eigenvalue weighted by molar-refractivity contribution is 0.0277. The second-order valence-corrected chi connectivity index (χ2v) is 6.51. The van der Waals surface area contributed by atoms with Gasteiger partial charge in [0.05, 0.1) is 19.3 Å². The molecule has 1 aliphatic rings. The van der Waals surface area contributed by atoms with Crippen LogP contribution in [0.4, 0.5) is 0 Å². The highest BCUT2D eigenvalue weighted by atomic mass is 16.5. The Kier molecular flexibility index (Phi) is 9.87. The fraction of sp³-hybridized carbons (Fsp3) is 0.700. The van der Waals surface area contributed by atoms with E-state index in [1.807, 2.05) is 19.1 Å². The van der Waals surface area contributed by atoms with Crippen molar-refractivity contribution in [2.45, 2.75) is 65.0 Å². The number of pyridine rings is 1. The zero-order chi connectivity index (χ0) is 18.5. The smallest absolute Gasteiger partial charge is 0.218 e. The lowest BCUT2D eigenvalue weighted by atomic mass is 9.98. The van der Waals surface area contributed by atoms with Crippen molar-refractivity contribution < 1.29 is 9.47 Å². The molecule has 146 valence electrons. The van der Waals surface area contributed by atoms with Crippen molar-refractivity contribution in [2.24, 2.45) is 4.99 Å². The molecule has 26 heavy (non-hydrogen) atoms. The van der Waals surface area contributed by atoms with Crippen LogP contribution in [0.25, 0.3) is 0 Å². The van der Waals surface area contributed by atoms with Gasteiger partial charge in [0.15, 0.2) is 5.96 Å². The Labute approximate surface area is 157 Å². The number of hydrogen-bond acceptors (Lipinski definition) is 4. The van der Waals surface area contributed by atoms with Crippen LogP contribution in [0.15, 0.2) is 23.3 Å². The summed E-state index contributed by atoms with van der Waals surface area (Å²) in [5, 5.41) is 6.66. The number of aliphatic imine (C=N–C) groups is 1. The van der Waals surface area contributed by atoms with Crippen LogP contribution in [-0.4, -0.2) is 43.4 Å². The zero-order valence-corrected chi connectivity index (χ0v) is 16.3. The Morgan fingerprint density at radius 3 is 2.85 bits per heavy atom. The van der Waals surface area contributed by atoms with E-state index >= 15 is 0 Å². The molecule has 0 saturated heterocycles. The molecular formula is C20H34N4O2. The summed E-state index contributed by atoms with van der Waals surface area (Å²) in [5.74, 6) is 1.48. The van der Waals surface area contributed by atoms with Gasteiger partial charge < -0.3 is 20.1 Å². The second-order valence-electron chi connectivity index (χ2n) is 6.51. The third kappa shape index (κ3) is 7.60. The molecule has 0 aliphatic heterocycles. The van der Waals surface area contributed by atoms with Crippen molar-refractivity contribution >= 4 is 5.96 Å². The maximum Gasteiger partial charge on any atom is 0.218 e. The molecule has 0 atom stereocenters. The van der Waals surface area contributed by atoms with E-state index in [4.69, 9.17) is 9.47 Å².